The predicted octanol–water partition coefficient (Wildman–Crippen LogP) is 3.37. The quantitative estimate of drug-likeness (QED) is 0.783. The van der Waals surface area contributed by atoms with Crippen LogP contribution < -0.4 is 15.1 Å². The number of hydrogen-bond donors (Lipinski definition) is 1. The van der Waals surface area contributed by atoms with Gasteiger partial charge in [0.2, 0.25) is 11.9 Å². The second kappa shape index (κ2) is 8.46. The van der Waals surface area contributed by atoms with E-state index in [2.05, 4.69) is 26.3 Å². The molecule has 1 N–H and O–H groups in total. The number of morpholine rings is 1. The van der Waals surface area contributed by atoms with E-state index in [4.69, 9.17) is 16.3 Å². The molecule has 2 fully saturated rings. The van der Waals surface area contributed by atoms with Crippen LogP contribution in [0.5, 0.6) is 0 Å². The first kappa shape index (κ1) is 20.4. The molecule has 0 unspecified atom stereocenters. The highest BCUT2D eigenvalue weighted by Gasteiger charge is 2.46. The molecule has 0 spiro atoms. The van der Waals surface area contributed by atoms with Crippen LogP contribution >= 0.6 is 11.6 Å². The van der Waals surface area contributed by atoms with E-state index < -0.39 is 5.41 Å². The fourth-order valence-corrected chi connectivity index (χ4v) is 4.13. The van der Waals surface area contributed by atoms with Gasteiger partial charge in [-0.15, -0.1) is 0 Å². The molecule has 2 saturated heterocycles. The average molecular weight is 427 g/mol. The molecule has 3 heterocycles. The molecule has 2 aliphatic rings. The van der Waals surface area contributed by atoms with Crippen molar-refractivity contribution in [3.8, 4) is 6.07 Å². The standard InChI is InChI=1S/C21H23ClN6O2/c1-2-21(14-23)6-8-28(19(21)29)18-5-7-24-20(26-18)25-15-3-4-17(16(22)13-15)27-9-11-30-12-10-27/h3-5,7,13H,2,6,8-12H2,1H3,(H,24,25,26)/t21-/m1/s1. The third kappa shape index (κ3) is 3.78. The van der Waals surface area contributed by atoms with Crippen molar-refractivity contribution in [2.24, 2.45) is 5.41 Å². The van der Waals surface area contributed by atoms with E-state index in [1.165, 1.54) is 0 Å². The van der Waals surface area contributed by atoms with Crippen LogP contribution in [0, 0.1) is 16.7 Å². The number of carbonyl (C=O) groups is 1. The highest BCUT2D eigenvalue weighted by Crippen LogP contribution is 2.37. The zero-order chi connectivity index (χ0) is 21.1. The molecule has 1 atom stereocenters. The Labute approximate surface area is 180 Å². The van der Waals surface area contributed by atoms with E-state index in [0.29, 0.717) is 49.4 Å². The van der Waals surface area contributed by atoms with Gasteiger partial charge in [0, 0.05) is 31.5 Å². The van der Waals surface area contributed by atoms with Gasteiger partial charge in [-0.2, -0.15) is 10.2 Å². The third-order valence-corrected chi connectivity index (χ3v) is 6.01. The van der Waals surface area contributed by atoms with Crippen molar-refractivity contribution in [2.75, 3.05) is 48.0 Å². The smallest absolute Gasteiger partial charge is 0.248 e. The first-order valence-electron chi connectivity index (χ1n) is 10.0. The topological polar surface area (TPSA) is 94.4 Å². The van der Waals surface area contributed by atoms with Gasteiger partial charge in [-0.05, 0) is 37.1 Å². The maximum Gasteiger partial charge on any atom is 0.248 e. The summed E-state index contributed by atoms with van der Waals surface area (Å²) in [6, 6.07) is 9.60. The van der Waals surface area contributed by atoms with Crippen LogP contribution in [0.3, 0.4) is 0 Å². The lowest BCUT2D eigenvalue weighted by molar-refractivity contribution is -0.123. The number of amides is 1. The van der Waals surface area contributed by atoms with Gasteiger partial charge in [0.15, 0.2) is 0 Å². The largest absolute Gasteiger partial charge is 0.378 e. The number of hydrogen-bond acceptors (Lipinski definition) is 7. The summed E-state index contributed by atoms with van der Waals surface area (Å²) in [6.45, 7) is 5.33. The summed E-state index contributed by atoms with van der Waals surface area (Å²) < 4.78 is 5.39. The van der Waals surface area contributed by atoms with Crippen molar-refractivity contribution >= 4 is 40.6 Å². The number of aromatic nitrogens is 2. The molecular formula is C21H23ClN6O2. The summed E-state index contributed by atoms with van der Waals surface area (Å²) in [7, 11) is 0. The van der Waals surface area contributed by atoms with Crippen molar-refractivity contribution in [3.63, 3.8) is 0 Å². The Morgan fingerprint density at radius 3 is 2.77 bits per heavy atom. The molecule has 0 radical (unpaired) electrons. The van der Waals surface area contributed by atoms with Crippen LogP contribution in [-0.2, 0) is 9.53 Å². The number of nitriles is 1. The lowest BCUT2D eigenvalue weighted by atomic mass is 9.85. The fourth-order valence-electron chi connectivity index (χ4n) is 3.83. The molecule has 2 aromatic rings. The molecule has 0 saturated carbocycles. The van der Waals surface area contributed by atoms with Gasteiger partial charge in [0.05, 0.1) is 30.0 Å². The molecule has 0 bridgehead atoms. The van der Waals surface area contributed by atoms with Gasteiger partial charge in [0.1, 0.15) is 11.2 Å². The number of nitrogens with zero attached hydrogens (tertiary/aromatic N) is 5. The predicted molar refractivity (Wildman–Crippen MR) is 115 cm³/mol. The van der Waals surface area contributed by atoms with Crippen LogP contribution in [0.25, 0.3) is 0 Å². The molecule has 1 aromatic carbocycles. The first-order chi connectivity index (χ1) is 14.6. The zero-order valence-electron chi connectivity index (χ0n) is 16.8. The van der Waals surface area contributed by atoms with Crippen LogP contribution in [0.1, 0.15) is 19.8 Å². The van der Waals surface area contributed by atoms with Crippen LogP contribution in [0.2, 0.25) is 5.02 Å². The van der Waals surface area contributed by atoms with Gasteiger partial charge in [-0.1, -0.05) is 18.5 Å². The maximum absolute atomic E-state index is 12.8. The SMILES string of the molecule is CC[C@]1(C#N)CCN(c2ccnc(Nc3ccc(N4CCOCC4)c(Cl)c3)n2)C1=O. The fraction of sp³-hybridized carbons (Fsp3) is 0.429. The normalized spacial score (nSPS) is 21.6. The number of benzene rings is 1. The average Bonchev–Trinajstić information content (AvgIpc) is 3.11. The Kier molecular flexibility index (Phi) is 5.75. The second-order valence-corrected chi connectivity index (χ2v) is 7.79. The highest BCUT2D eigenvalue weighted by atomic mass is 35.5. The van der Waals surface area contributed by atoms with Crippen LogP contribution in [-0.4, -0.2) is 48.7 Å². The van der Waals surface area contributed by atoms with Crippen molar-refractivity contribution in [1.29, 1.82) is 5.26 Å². The van der Waals surface area contributed by atoms with E-state index >= 15 is 0 Å². The molecule has 1 amide bonds. The molecule has 9 heteroatoms. The van der Waals surface area contributed by atoms with E-state index in [1.54, 1.807) is 17.2 Å². The molecule has 2 aliphatic heterocycles. The summed E-state index contributed by atoms with van der Waals surface area (Å²) in [5, 5.41) is 13.3. The van der Waals surface area contributed by atoms with Crippen LogP contribution in [0.15, 0.2) is 30.5 Å². The summed E-state index contributed by atoms with van der Waals surface area (Å²) in [6.07, 6.45) is 2.59. The zero-order valence-corrected chi connectivity index (χ0v) is 17.5. The molecular weight excluding hydrogens is 404 g/mol. The number of ether oxygens (including phenoxy) is 1. The molecule has 8 nitrogen and oxygen atoms in total. The summed E-state index contributed by atoms with van der Waals surface area (Å²) >= 11 is 6.50. The molecule has 0 aliphatic carbocycles. The first-order valence-corrected chi connectivity index (χ1v) is 10.4. The van der Waals surface area contributed by atoms with Gasteiger partial charge in [0.25, 0.3) is 0 Å². The lowest BCUT2D eigenvalue weighted by Crippen LogP contribution is -2.36. The molecule has 1 aromatic heterocycles. The highest BCUT2D eigenvalue weighted by molar-refractivity contribution is 6.33. The molecule has 156 valence electrons. The third-order valence-electron chi connectivity index (χ3n) is 5.71. The number of rotatable bonds is 5. The van der Waals surface area contributed by atoms with Crippen molar-refractivity contribution in [3.05, 3.63) is 35.5 Å². The van der Waals surface area contributed by atoms with Gasteiger partial charge in [-0.25, -0.2) is 4.98 Å². The van der Waals surface area contributed by atoms with E-state index in [1.807, 2.05) is 25.1 Å². The molecule has 4 rings (SSSR count). The van der Waals surface area contributed by atoms with Gasteiger partial charge >= 0.3 is 0 Å². The number of nitrogens with one attached hydrogen (secondary N) is 1. The Morgan fingerprint density at radius 2 is 2.10 bits per heavy atom. The number of anilines is 4. The van der Waals surface area contributed by atoms with Crippen molar-refractivity contribution < 1.29 is 9.53 Å². The van der Waals surface area contributed by atoms with E-state index in [-0.39, 0.29) is 5.91 Å². The Balaban J connectivity index is 1.51. The second-order valence-electron chi connectivity index (χ2n) is 7.38. The Bertz CT molecular complexity index is 988. The summed E-state index contributed by atoms with van der Waals surface area (Å²) in [5.74, 6) is 0.649. The lowest BCUT2D eigenvalue weighted by Gasteiger charge is -2.29. The monoisotopic (exact) mass is 426 g/mol. The van der Waals surface area contributed by atoms with Crippen LogP contribution in [0.4, 0.5) is 23.1 Å². The van der Waals surface area contributed by atoms with E-state index in [9.17, 15) is 10.1 Å². The van der Waals surface area contributed by atoms with E-state index in [0.717, 1.165) is 24.5 Å². The summed E-state index contributed by atoms with van der Waals surface area (Å²) in [4.78, 5) is 25.3. The minimum atomic E-state index is -0.957. The Morgan fingerprint density at radius 1 is 1.30 bits per heavy atom. The maximum atomic E-state index is 12.8. The number of carbonyl (C=O) groups excluding carboxylic acids is 1. The summed E-state index contributed by atoms with van der Waals surface area (Å²) in [5.41, 5.74) is 0.763. The van der Waals surface area contributed by atoms with Crippen molar-refractivity contribution in [1.82, 2.24) is 9.97 Å². The minimum Gasteiger partial charge on any atom is -0.378 e. The Hall–Kier alpha value is -2.89. The van der Waals surface area contributed by atoms with Gasteiger partial charge in [-0.3, -0.25) is 9.69 Å². The minimum absolute atomic E-state index is 0.199. The molecule has 30 heavy (non-hydrogen) atoms. The number of halogens is 1. The van der Waals surface area contributed by atoms with Gasteiger partial charge < -0.3 is 15.0 Å². The van der Waals surface area contributed by atoms with Crippen molar-refractivity contribution in [2.45, 2.75) is 19.8 Å².